The fraction of sp³-hybridized carbons (Fsp3) is 0.900. The molecule has 102 valence electrons. The van der Waals surface area contributed by atoms with E-state index in [1.54, 1.807) is 13.8 Å². The zero-order chi connectivity index (χ0) is 13.6. The summed E-state index contributed by atoms with van der Waals surface area (Å²) in [7, 11) is -2.13. The molecule has 1 atom stereocenters. The monoisotopic (exact) mass is 265 g/mol. The Balaban J connectivity index is 4.47. The molecule has 0 heterocycles. The summed E-state index contributed by atoms with van der Waals surface area (Å²) in [6.07, 6.45) is 0.817. The molecule has 6 nitrogen and oxygen atoms in total. The highest BCUT2D eigenvalue weighted by Crippen LogP contribution is 2.01. The first-order valence-corrected chi connectivity index (χ1v) is 7.19. The van der Waals surface area contributed by atoms with E-state index in [0.717, 1.165) is 6.42 Å². The van der Waals surface area contributed by atoms with Crippen molar-refractivity contribution < 1.29 is 13.2 Å². The van der Waals surface area contributed by atoms with Gasteiger partial charge in [-0.05, 0) is 27.2 Å². The maximum atomic E-state index is 11.8. The van der Waals surface area contributed by atoms with Crippen LogP contribution in [0.4, 0.5) is 0 Å². The van der Waals surface area contributed by atoms with Gasteiger partial charge >= 0.3 is 0 Å². The molecule has 0 aliphatic rings. The lowest BCUT2D eigenvalue weighted by molar-refractivity contribution is -0.122. The second kappa shape index (κ2) is 6.93. The summed E-state index contributed by atoms with van der Waals surface area (Å²) in [5.41, 5.74) is 0. The van der Waals surface area contributed by atoms with Gasteiger partial charge in [-0.1, -0.05) is 6.92 Å². The molecule has 0 bridgehead atoms. The van der Waals surface area contributed by atoms with E-state index in [4.69, 9.17) is 0 Å². The lowest BCUT2D eigenvalue weighted by atomic mass is 10.3. The normalized spacial score (nSPS) is 14.1. The average molecular weight is 265 g/mol. The van der Waals surface area contributed by atoms with Gasteiger partial charge in [0.15, 0.2) is 0 Å². The van der Waals surface area contributed by atoms with Gasteiger partial charge in [0.1, 0.15) is 0 Å². The van der Waals surface area contributed by atoms with E-state index in [0.29, 0.717) is 6.54 Å². The first kappa shape index (κ1) is 16.3. The molecule has 1 amide bonds. The molecule has 0 aromatic rings. The van der Waals surface area contributed by atoms with Crippen LogP contribution < -0.4 is 10.0 Å². The van der Waals surface area contributed by atoms with Gasteiger partial charge in [0.2, 0.25) is 5.91 Å². The highest BCUT2D eigenvalue weighted by atomic mass is 32.2. The summed E-state index contributed by atoms with van der Waals surface area (Å²) >= 11 is 0. The minimum atomic E-state index is -3.61. The molecule has 0 radical (unpaired) electrons. The van der Waals surface area contributed by atoms with Crippen LogP contribution in [-0.4, -0.2) is 44.3 Å². The van der Waals surface area contributed by atoms with Crippen LogP contribution >= 0.6 is 0 Å². The summed E-state index contributed by atoms with van der Waals surface area (Å²) in [4.78, 5) is 11.5. The van der Waals surface area contributed by atoms with Crippen LogP contribution in [0.15, 0.2) is 0 Å². The highest BCUT2D eigenvalue weighted by molar-refractivity contribution is 7.87. The lowest BCUT2D eigenvalue weighted by Gasteiger charge is -2.23. The molecule has 0 fully saturated rings. The van der Waals surface area contributed by atoms with Crippen molar-refractivity contribution in [3.63, 3.8) is 0 Å². The second-order valence-electron chi connectivity index (χ2n) is 4.25. The highest BCUT2D eigenvalue weighted by Gasteiger charge is 2.25. The Morgan fingerprint density at radius 2 is 1.82 bits per heavy atom. The molecule has 0 rings (SSSR count). The predicted octanol–water partition coefficient (Wildman–Crippen LogP) is 0.0757. The third-order valence-corrected chi connectivity index (χ3v) is 4.21. The third kappa shape index (κ3) is 5.47. The molecule has 0 aromatic carbocycles. The zero-order valence-electron chi connectivity index (χ0n) is 11.1. The Labute approximate surface area is 104 Å². The molecular formula is C10H23N3O3S. The molecule has 1 unspecified atom stereocenters. The summed E-state index contributed by atoms with van der Waals surface area (Å²) in [6.45, 7) is 7.53. The van der Waals surface area contributed by atoms with Gasteiger partial charge in [-0.25, -0.2) is 0 Å². The number of rotatable bonds is 7. The van der Waals surface area contributed by atoms with Crippen LogP contribution in [0.25, 0.3) is 0 Å². The quantitative estimate of drug-likeness (QED) is 0.684. The Hall–Kier alpha value is -0.660. The van der Waals surface area contributed by atoms with E-state index in [9.17, 15) is 13.2 Å². The molecule has 0 aliphatic heterocycles. The maximum Gasteiger partial charge on any atom is 0.280 e. The van der Waals surface area contributed by atoms with Crippen molar-refractivity contribution in [2.24, 2.45) is 0 Å². The van der Waals surface area contributed by atoms with Crippen molar-refractivity contribution in [3.05, 3.63) is 0 Å². The standard InChI is InChI=1S/C10H23N3O3S/c1-6-7-11-10(14)9(4)12-17(15,16)13(5)8(2)3/h8-9,12H,6-7H2,1-5H3,(H,11,14). The summed E-state index contributed by atoms with van der Waals surface area (Å²) in [6, 6.07) is -0.925. The van der Waals surface area contributed by atoms with E-state index in [1.165, 1.54) is 18.3 Å². The van der Waals surface area contributed by atoms with Gasteiger partial charge in [0, 0.05) is 19.6 Å². The Kier molecular flexibility index (Phi) is 6.66. The van der Waals surface area contributed by atoms with Gasteiger partial charge in [-0.3, -0.25) is 4.79 Å². The second-order valence-corrected chi connectivity index (χ2v) is 6.01. The maximum absolute atomic E-state index is 11.8. The third-order valence-electron chi connectivity index (χ3n) is 2.37. The Bertz CT molecular complexity index is 341. The molecule has 0 aromatic heterocycles. The first-order chi connectivity index (χ1) is 7.72. The van der Waals surface area contributed by atoms with E-state index in [1.807, 2.05) is 6.92 Å². The van der Waals surface area contributed by atoms with E-state index >= 15 is 0 Å². The van der Waals surface area contributed by atoms with Crippen molar-refractivity contribution in [3.8, 4) is 0 Å². The topological polar surface area (TPSA) is 78.5 Å². The molecular weight excluding hydrogens is 242 g/mol. The number of nitrogens with one attached hydrogen (secondary N) is 2. The molecule has 7 heteroatoms. The van der Waals surface area contributed by atoms with Gasteiger partial charge < -0.3 is 5.32 Å². The van der Waals surface area contributed by atoms with Gasteiger partial charge in [0.25, 0.3) is 10.2 Å². The molecule has 2 N–H and O–H groups in total. The smallest absolute Gasteiger partial charge is 0.280 e. The van der Waals surface area contributed by atoms with Crippen molar-refractivity contribution in [2.75, 3.05) is 13.6 Å². The zero-order valence-corrected chi connectivity index (χ0v) is 12.0. The van der Waals surface area contributed by atoms with Crippen LogP contribution in [0.1, 0.15) is 34.1 Å². The molecule has 0 spiro atoms. The Morgan fingerprint density at radius 3 is 2.24 bits per heavy atom. The van der Waals surface area contributed by atoms with Crippen LogP contribution in [0.3, 0.4) is 0 Å². The van der Waals surface area contributed by atoms with Crippen LogP contribution in [-0.2, 0) is 15.0 Å². The number of carbonyl (C=O) groups excluding carboxylic acids is 1. The predicted molar refractivity (Wildman–Crippen MR) is 67.7 cm³/mol. The largest absolute Gasteiger partial charge is 0.355 e. The molecule has 0 saturated carbocycles. The fourth-order valence-electron chi connectivity index (χ4n) is 1.04. The van der Waals surface area contributed by atoms with Crippen LogP contribution in [0, 0.1) is 0 Å². The number of hydrogen-bond acceptors (Lipinski definition) is 3. The molecule has 0 saturated heterocycles. The number of nitrogens with zero attached hydrogens (tertiary/aromatic N) is 1. The van der Waals surface area contributed by atoms with Gasteiger partial charge in [-0.15, -0.1) is 0 Å². The SMILES string of the molecule is CCCNC(=O)C(C)NS(=O)(=O)N(C)C(C)C. The molecule has 0 aliphatic carbocycles. The van der Waals surface area contributed by atoms with Crippen LogP contribution in [0.5, 0.6) is 0 Å². The number of hydrogen-bond donors (Lipinski definition) is 2. The minimum absolute atomic E-state index is 0.154. The van der Waals surface area contributed by atoms with E-state index < -0.39 is 16.3 Å². The number of amides is 1. The Morgan fingerprint density at radius 1 is 1.29 bits per heavy atom. The minimum Gasteiger partial charge on any atom is -0.355 e. The summed E-state index contributed by atoms with van der Waals surface area (Å²) in [5.74, 6) is -0.312. The van der Waals surface area contributed by atoms with Crippen LogP contribution in [0.2, 0.25) is 0 Å². The van der Waals surface area contributed by atoms with Crippen molar-refractivity contribution in [2.45, 2.75) is 46.2 Å². The van der Waals surface area contributed by atoms with Crippen molar-refractivity contribution in [1.29, 1.82) is 0 Å². The van der Waals surface area contributed by atoms with E-state index in [2.05, 4.69) is 10.0 Å². The van der Waals surface area contributed by atoms with Crippen molar-refractivity contribution in [1.82, 2.24) is 14.3 Å². The lowest BCUT2D eigenvalue weighted by Crippen LogP contribution is -2.50. The summed E-state index contributed by atoms with van der Waals surface area (Å²) < 4.78 is 27.1. The van der Waals surface area contributed by atoms with Gasteiger partial charge in [-0.2, -0.15) is 17.4 Å². The van der Waals surface area contributed by atoms with Crippen molar-refractivity contribution >= 4 is 16.1 Å². The van der Waals surface area contributed by atoms with E-state index in [-0.39, 0.29) is 11.9 Å². The average Bonchev–Trinajstić information content (AvgIpc) is 2.23. The van der Waals surface area contributed by atoms with Gasteiger partial charge in [0.05, 0.1) is 6.04 Å². The fourth-order valence-corrected chi connectivity index (χ4v) is 2.31. The summed E-state index contributed by atoms with van der Waals surface area (Å²) in [5, 5.41) is 2.64. The number of carbonyl (C=O) groups is 1. The first-order valence-electron chi connectivity index (χ1n) is 5.75. The molecule has 17 heavy (non-hydrogen) atoms.